The lowest BCUT2D eigenvalue weighted by atomic mass is 10.0. The fourth-order valence-electron chi connectivity index (χ4n) is 3.68. The second-order valence-corrected chi connectivity index (χ2v) is 8.60. The van der Waals surface area contributed by atoms with E-state index in [0.29, 0.717) is 12.7 Å². The summed E-state index contributed by atoms with van der Waals surface area (Å²) in [5.74, 6) is 0.963. The summed E-state index contributed by atoms with van der Waals surface area (Å²) in [5.41, 5.74) is 1.43. The first-order valence-electron chi connectivity index (χ1n) is 12.4. The van der Waals surface area contributed by atoms with E-state index in [4.69, 9.17) is 9.47 Å². The minimum absolute atomic E-state index is 0.329. The first-order chi connectivity index (χ1) is 14.4. The smallest absolute Gasteiger partial charge is 0.119 e. The van der Waals surface area contributed by atoms with Crippen molar-refractivity contribution in [2.75, 3.05) is 13.2 Å². The fourth-order valence-corrected chi connectivity index (χ4v) is 3.68. The van der Waals surface area contributed by atoms with Crippen LogP contribution in [-0.4, -0.2) is 19.3 Å². The van der Waals surface area contributed by atoms with Gasteiger partial charge in [-0.25, -0.2) is 0 Å². The maximum absolute atomic E-state index is 5.69. The average Bonchev–Trinajstić information content (AvgIpc) is 3.57. The molecule has 1 atom stereocenters. The third-order valence-corrected chi connectivity index (χ3v) is 5.74. The molecule has 1 saturated heterocycles. The Morgan fingerprint density at radius 3 is 1.93 bits per heavy atom. The molecule has 1 aromatic carbocycles. The standard InChI is InChI=1S/C27H44O2/c1-2-3-4-5-6-7-8-9-10-11-12-13-14-15-16-17-18-25-19-21-26(22-20-25)28-23-27-24-29-27/h9-10,19-22,27H,2-8,11-18,23-24H2,1H3/b10-9+. The van der Waals surface area contributed by atoms with Crippen molar-refractivity contribution in [2.24, 2.45) is 0 Å². The van der Waals surface area contributed by atoms with Gasteiger partial charge in [0.05, 0.1) is 6.61 Å². The van der Waals surface area contributed by atoms with Crippen molar-refractivity contribution >= 4 is 0 Å². The Kier molecular flexibility index (Phi) is 13.7. The summed E-state index contributed by atoms with van der Waals surface area (Å²) in [7, 11) is 0. The maximum atomic E-state index is 5.69. The van der Waals surface area contributed by atoms with Gasteiger partial charge in [-0.3, -0.25) is 0 Å². The summed E-state index contributed by atoms with van der Waals surface area (Å²) in [4.78, 5) is 0. The van der Waals surface area contributed by atoms with Crippen LogP contribution in [0.1, 0.15) is 102 Å². The third-order valence-electron chi connectivity index (χ3n) is 5.74. The summed E-state index contributed by atoms with van der Waals surface area (Å²) in [6, 6.07) is 8.61. The second kappa shape index (κ2) is 16.5. The number of rotatable bonds is 19. The zero-order valence-corrected chi connectivity index (χ0v) is 18.9. The average molecular weight is 401 g/mol. The van der Waals surface area contributed by atoms with Crippen LogP contribution in [0.3, 0.4) is 0 Å². The van der Waals surface area contributed by atoms with Crippen molar-refractivity contribution in [1.82, 2.24) is 0 Å². The third kappa shape index (κ3) is 13.5. The van der Waals surface area contributed by atoms with Crippen LogP contribution in [0.4, 0.5) is 0 Å². The molecule has 2 heteroatoms. The molecule has 29 heavy (non-hydrogen) atoms. The molecular formula is C27H44O2. The van der Waals surface area contributed by atoms with Crippen LogP contribution in [0.15, 0.2) is 36.4 Å². The van der Waals surface area contributed by atoms with Gasteiger partial charge < -0.3 is 9.47 Å². The molecule has 0 aliphatic carbocycles. The molecular weight excluding hydrogens is 356 g/mol. The number of hydrogen-bond acceptors (Lipinski definition) is 2. The van der Waals surface area contributed by atoms with Crippen molar-refractivity contribution in [3.63, 3.8) is 0 Å². The van der Waals surface area contributed by atoms with Gasteiger partial charge in [0.2, 0.25) is 0 Å². The molecule has 1 aliphatic heterocycles. The Bertz CT molecular complexity index is 516. The monoisotopic (exact) mass is 400 g/mol. The first kappa shape index (κ1) is 24.0. The van der Waals surface area contributed by atoms with E-state index >= 15 is 0 Å². The molecule has 0 spiro atoms. The van der Waals surface area contributed by atoms with Gasteiger partial charge in [0.1, 0.15) is 18.5 Å². The number of allylic oxidation sites excluding steroid dienone is 2. The number of unbranched alkanes of at least 4 members (excludes halogenated alkanes) is 12. The SMILES string of the molecule is CCCCCCCC/C=C/CCCCCCCCc1ccc(OCC2CO2)cc1. The summed E-state index contributed by atoms with van der Waals surface area (Å²) in [6.07, 6.45) is 25.5. The number of hydrogen-bond donors (Lipinski definition) is 0. The Morgan fingerprint density at radius 2 is 1.34 bits per heavy atom. The van der Waals surface area contributed by atoms with Crippen molar-refractivity contribution in [1.29, 1.82) is 0 Å². The van der Waals surface area contributed by atoms with E-state index < -0.39 is 0 Å². The molecule has 0 aromatic heterocycles. The van der Waals surface area contributed by atoms with E-state index in [1.54, 1.807) is 0 Å². The predicted molar refractivity (Wildman–Crippen MR) is 125 cm³/mol. The predicted octanol–water partition coefficient (Wildman–Crippen LogP) is 8.04. The molecule has 1 unspecified atom stereocenters. The molecule has 0 radical (unpaired) electrons. The van der Waals surface area contributed by atoms with Gasteiger partial charge in [-0.1, -0.05) is 89.0 Å². The Hall–Kier alpha value is -1.28. The van der Waals surface area contributed by atoms with E-state index in [1.165, 1.54) is 102 Å². The lowest BCUT2D eigenvalue weighted by Crippen LogP contribution is -2.03. The number of ether oxygens (including phenoxy) is 2. The quantitative estimate of drug-likeness (QED) is 0.133. The minimum atomic E-state index is 0.329. The fraction of sp³-hybridized carbons (Fsp3) is 0.704. The van der Waals surface area contributed by atoms with E-state index in [1.807, 2.05) is 0 Å². The normalized spacial score (nSPS) is 15.8. The molecule has 0 N–H and O–H groups in total. The van der Waals surface area contributed by atoms with Gasteiger partial charge in [-0.05, 0) is 56.2 Å². The van der Waals surface area contributed by atoms with Crippen LogP contribution in [0.2, 0.25) is 0 Å². The molecule has 164 valence electrons. The van der Waals surface area contributed by atoms with Gasteiger partial charge in [-0.2, -0.15) is 0 Å². The lowest BCUT2D eigenvalue weighted by Gasteiger charge is -2.06. The van der Waals surface area contributed by atoms with E-state index in [9.17, 15) is 0 Å². The van der Waals surface area contributed by atoms with Gasteiger partial charge in [0.15, 0.2) is 0 Å². The highest BCUT2D eigenvalue weighted by Gasteiger charge is 2.22. The maximum Gasteiger partial charge on any atom is 0.119 e. The first-order valence-corrected chi connectivity index (χ1v) is 12.4. The number of aryl methyl sites for hydroxylation is 1. The molecule has 2 nitrogen and oxygen atoms in total. The van der Waals surface area contributed by atoms with Crippen LogP contribution < -0.4 is 4.74 Å². The van der Waals surface area contributed by atoms with E-state index in [-0.39, 0.29) is 0 Å². The van der Waals surface area contributed by atoms with Crippen LogP contribution in [0, 0.1) is 0 Å². The Morgan fingerprint density at radius 1 is 0.793 bits per heavy atom. The molecule has 1 aromatic rings. The van der Waals surface area contributed by atoms with Crippen LogP contribution >= 0.6 is 0 Å². The molecule has 2 rings (SSSR count). The van der Waals surface area contributed by atoms with Crippen molar-refractivity contribution in [2.45, 2.75) is 109 Å². The highest BCUT2D eigenvalue weighted by molar-refractivity contribution is 5.27. The summed E-state index contributed by atoms with van der Waals surface area (Å²) in [6.45, 7) is 3.83. The van der Waals surface area contributed by atoms with Gasteiger partial charge >= 0.3 is 0 Å². The summed E-state index contributed by atoms with van der Waals surface area (Å²) >= 11 is 0. The topological polar surface area (TPSA) is 21.8 Å². The summed E-state index contributed by atoms with van der Waals surface area (Å²) in [5, 5.41) is 0. The zero-order valence-electron chi connectivity index (χ0n) is 18.9. The lowest BCUT2D eigenvalue weighted by molar-refractivity contribution is 0.263. The van der Waals surface area contributed by atoms with Crippen molar-refractivity contribution < 1.29 is 9.47 Å². The van der Waals surface area contributed by atoms with Crippen LogP contribution in [0.25, 0.3) is 0 Å². The zero-order chi connectivity index (χ0) is 20.4. The largest absolute Gasteiger partial charge is 0.491 e. The van der Waals surface area contributed by atoms with Crippen molar-refractivity contribution in [3.8, 4) is 5.75 Å². The Balaban J connectivity index is 1.33. The van der Waals surface area contributed by atoms with Gasteiger partial charge in [-0.15, -0.1) is 0 Å². The number of benzene rings is 1. The molecule has 1 aliphatic rings. The van der Waals surface area contributed by atoms with Gasteiger partial charge in [0, 0.05) is 0 Å². The molecule has 1 heterocycles. The number of epoxide rings is 1. The van der Waals surface area contributed by atoms with E-state index in [0.717, 1.165) is 12.4 Å². The van der Waals surface area contributed by atoms with Gasteiger partial charge in [0.25, 0.3) is 0 Å². The Labute approximate surface area is 180 Å². The highest BCUT2D eigenvalue weighted by Crippen LogP contribution is 2.17. The highest BCUT2D eigenvalue weighted by atomic mass is 16.6. The summed E-state index contributed by atoms with van der Waals surface area (Å²) < 4.78 is 10.9. The second-order valence-electron chi connectivity index (χ2n) is 8.60. The van der Waals surface area contributed by atoms with E-state index in [2.05, 4.69) is 43.3 Å². The molecule has 0 saturated carbocycles. The minimum Gasteiger partial charge on any atom is -0.491 e. The molecule has 0 amide bonds. The van der Waals surface area contributed by atoms with Crippen LogP contribution in [0.5, 0.6) is 5.75 Å². The van der Waals surface area contributed by atoms with Crippen LogP contribution in [-0.2, 0) is 11.2 Å². The molecule has 1 fully saturated rings. The molecule has 0 bridgehead atoms. The van der Waals surface area contributed by atoms with Crippen molar-refractivity contribution in [3.05, 3.63) is 42.0 Å².